The van der Waals surface area contributed by atoms with Crippen molar-refractivity contribution in [2.45, 2.75) is 13.1 Å². The van der Waals surface area contributed by atoms with E-state index in [2.05, 4.69) is 4.90 Å². The van der Waals surface area contributed by atoms with Crippen LogP contribution in [0.5, 0.6) is 0 Å². The maximum Gasteiger partial charge on any atom is 0.269 e. The summed E-state index contributed by atoms with van der Waals surface area (Å²) < 4.78 is 5.33. The van der Waals surface area contributed by atoms with Gasteiger partial charge in [0.2, 0.25) is 0 Å². The van der Waals surface area contributed by atoms with E-state index in [1.54, 1.807) is 18.4 Å². The summed E-state index contributed by atoms with van der Waals surface area (Å²) in [6.45, 7) is 2.63. The van der Waals surface area contributed by atoms with Gasteiger partial charge in [0.1, 0.15) is 5.76 Å². The quantitative estimate of drug-likeness (QED) is 0.618. The number of benzene rings is 1. The van der Waals surface area contributed by atoms with Crippen molar-refractivity contribution in [1.29, 1.82) is 0 Å². The molecule has 2 rings (SSSR count). The molecule has 1 aromatic carbocycles. The van der Waals surface area contributed by atoms with Crippen LogP contribution in [0.1, 0.15) is 11.3 Å². The molecule has 0 aliphatic heterocycles. The fourth-order valence-electron chi connectivity index (χ4n) is 2.00. The second-order valence-corrected chi connectivity index (χ2v) is 4.50. The van der Waals surface area contributed by atoms with E-state index in [1.807, 2.05) is 12.1 Å². The van der Waals surface area contributed by atoms with Gasteiger partial charge in [-0.15, -0.1) is 0 Å². The number of non-ortho nitro benzene ring substituents is 1. The summed E-state index contributed by atoms with van der Waals surface area (Å²) in [5, 5.41) is 10.6. The predicted molar refractivity (Wildman–Crippen MR) is 75.0 cm³/mol. The first-order valence-electron chi connectivity index (χ1n) is 6.37. The molecule has 0 spiro atoms. The Balaban J connectivity index is 2.01. The lowest BCUT2D eigenvalue weighted by Gasteiger charge is -2.20. The molecule has 0 fully saturated rings. The van der Waals surface area contributed by atoms with E-state index in [9.17, 15) is 10.1 Å². The zero-order valence-electron chi connectivity index (χ0n) is 11.1. The molecule has 0 aliphatic rings. The summed E-state index contributed by atoms with van der Waals surface area (Å²) in [5.41, 5.74) is 6.73. The van der Waals surface area contributed by atoms with Gasteiger partial charge >= 0.3 is 0 Å². The maximum absolute atomic E-state index is 10.6. The summed E-state index contributed by atoms with van der Waals surface area (Å²) in [5.74, 6) is 0.875. The van der Waals surface area contributed by atoms with E-state index >= 15 is 0 Å². The fourth-order valence-corrected chi connectivity index (χ4v) is 2.00. The molecule has 6 heteroatoms. The number of nitro groups is 1. The molecule has 0 radical (unpaired) electrons. The molecule has 0 amide bonds. The lowest BCUT2D eigenvalue weighted by molar-refractivity contribution is -0.384. The molecule has 6 nitrogen and oxygen atoms in total. The van der Waals surface area contributed by atoms with Crippen LogP contribution in [-0.2, 0) is 13.1 Å². The molecule has 0 aliphatic carbocycles. The number of furan rings is 1. The smallest absolute Gasteiger partial charge is 0.269 e. The van der Waals surface area contributed by atoms with Gasteiger partial charge in [-0.1, -0.05) is 12.1 Å². The van der Waals surface area contributed by atoms with Crippen molar-refractivity contribution in [3.8, 4) is 0 Å². The van der Waals surface area contributed by atoms with Crippen LogP contribution in [0.4, 0.5) is 5.69 Å². The van der Waals surface area contributed by atoms with Gasteiger partial charge in [-0.3, -0.25) is 15.0 Å². The summed E-state index contributed by atoms with van der Waals surface area (Å²) in [6, 6.07) is 10.3. The van der Waals surface area contributed by atoms with Crippen molar-refractivity contribution in [2.24, 2.45) is 5.73 Å². The standard InChI is InChI=1S/C14H17N3O3/c15-7-8-16(11-14-2-1-9-20-14)10-12-3-5-13(6-4-12)17(18)19/h1-6,9H,7-8,10-11,15H2. The van der Waals surface area contributed by atoms with Crippen LogP contribution in [-0.4, -0.2) is 22.9 Å². The molecule has 1 aromatic heterocycles. The highest BCUT2D eigenvalue weighted by Gasteiger charge is 2.10. The van der Waals surface area contributed by atoms with Gasteiger partial charge in [-0.2, -0.15) is 0 Å². The SMILES string of the molecule is NCCN(Cc1ccc([N+](=O)[O-])cc1)Cc1ccco1. The number of nitrogens with zero attached hydrogens (tertiary/aromatic N) is 2. The Morgan fingerprint density at radius 3 is 2.50 bits per heavy atom. The van der Waals surface area contributed by atoms with Crippen molar-refractivity contribution >= 4 is 5.69 Å². The first kappa shape index (κ1) is 14.2. The van der Waals surface area contributed by atoms with Crippen LogP contribution in [0.15, 0.2) is 47.1 Å². The lowest BCUT2D eigenvalue weighted by Crippen LogP contribution is -2.28. The average molecular weight is 275 g/mol. The van der Waals surface area contributed by atoms with Crippen LogP contribution < -0.4 is 5.73 Å². The maximum atomic E-state index is 10.6. The van der Waals surface area contributed by atoms with Gasteiger partial charge in [0, 0.05) is 31.8 Å². The van der Waals surface area contributed by atoms with Gasteiger partial charge in [-0.25, -0.2) is 0 Å². The van der Waals surface area contributed by atoms with Crippen LogP contribution in [0.3, 0.4) is 0 Å². The topological polar surface area (TPSA) is 85.5 Å². The minimum atomic E-state index is -0.399. The van der Waals surface area contributed by atoms with Gasteiger partial charge in [0.05, 0.1) is 17.7 Å². The Kier molecular flexibility index (Phi) is 4.86. The van der Waals surface area contributed by atoms with Crippen molar-refractivity contribution in [3.05, 3.63) is 64.1 Å². The minimum absolute atomic E-state index is 0.102. The summed E-state index contributed by atoms with van der Waals surface area (Å²) in [6.07, 6.45) is 1.64. The zero-order valence-corrected chi connectivity index (χ0v) is 11.1. The third-order valence-electron chi connectivity index (χ3n) is 2.96. The zero-order chi connectivity index (χ0) is 14.4. The highest BCUT2D eigenvalue weighted by Crippen LogP contribution is 2.15. The highest BCUT2D eigenvalue weighted by atomic mass is 16.6. The molecule has 1 heterocycles. The number of nitro benzene ring substituents is 1. The molecule has 0 saturated carbocycles. The molecule has 0 saturated heterocycles. The second kappa shape index (κ2) is 6.83. The monoisotopic (exact) mass is 275 g/mol. The fraction of sp³-hybridized carbons (Fsp3) is 0.286. The molecule has 2 aromatic rings. The van der Waals surface area contributed by atoms with Crippen LogP contribution in [0.2, 0.25) is 0 Å². The third kappa shape index (κ3) is 3.91. The molecule has 0 atom stereocenters. The second-order valence-electron chi connectivity index (χ2n) is 4.50. The van der Waals surface area contributed by atoms with Gasteiger partial charge in [-0.05, 0) is 17.7 Å². The Bertz CT molecular complexity index is 537. The van der Waals surface area contributed by atoms with E-state index in [0.29, 0.717) is 19.6 Å². The van der Waals surface area contributed by atoms with Gasteiger partial charge in [0.25, 0.3) is 5.69 Å². The van der Waals surface area contributed by atoms with Crippen molar-refractivity contribution in [1.82, 2.24) is 4.90 Å². The first-order valence-corrected chi connectivity index (χ1v) is 6.37. The molecule has 20 heavy (non-hydrogen) atoms. The highest BCUT2D eigenvalue weighted by molar-refractivity contribution is 5.32. The van der Waals surface area contributed by atoms with E-state index in [4.69, 9.17) is 10.2 Å². The van der Waals surface area contributed by atoms with E-state index in [-0.39, 0.29) is 5.69 Å². The molecule has 2 N–H and O–H groups in total. The van der Waals surface area contributed by atoms with E-state index in [0.717, 1.165) is 17.9 Å². The lowest BCUT2D eigenvalue weighted by atomic mass is 10.2. The first-order chi connectivity index (χ1) is 9.69. The summed E-state index contributed by atoms with van der Waals surface area (Å²) >= 11 is 0. The molecule has 106 valence electrons. The van der Waals surface area contributed by atoms with Crippen LogP contribution in [0.25, 0.3) is 0 Å². The number of rotatable bonds is 7. The molecular weight excluding hydrogens is 258 g/mol. The predicted octanol–water partition coefficient (Wildman–Crippen LogP) is 2.15. The van der Waals surface area contributed by atoms with Gasteiger partial charge in [0.15, 0.2) is 0 Å². The largest absolute Gasteiger partial charge is 0.468 e. The Hall–Kier alpha value is -2.18. The Morgan fingerprint density at radius 2 is 1.95 bits per heavy atom. The van der Waals surface area contributed by atoms with Gasteiger partial charge < -0.3 is 10.2 Å². The van der Waals surface area contributed by atoms with Crippen LogP contribution >= 0.6 is 0 Å². The van der Waals surface area contributed by atoms with E-state index in [1.165, 1.54) is 12.1 Å². The van der Waals surface area contributed by atoms with E-state index < -0.39 is 4.92 Å². The Labute approximate surface area is 116 Å². The van der Waals surface area contributed by atoms with Crippen molar-refractivity contribution in [3.63, 3.8) is 0 Å². The third-order valence-corrected chi connectivity index (χ3v) is 2.96. The average Bonchev–Trinajstić information content (AvgIpc) is 2.92. The molecule has 0 unspecified atom stereocenters. The minimum Gasteiger partial charge on any atom is -0.468 e. The van der Waals surface area contributed by atoms with Crippen molar-refractivity contribution in [2.75, 3.05) is 13.1 Å². The normalized spacial score (nSPS) is 10.9. The molecule has 0 bridgehead atoms. The summed E-state index contributed by atoms with van der Waals surface area (Å²) in [7, 11) is 0. The summed E-state index contributed by atoms with van der Waals surface area (Å²) in [4.78, 5) is 12.4. The number of hydrogen-bond acceptors (Lipinski definition) is 5. The Morgan fingerprint density at radius 1 is 1.20 bits per heavy atom. The number of hydrogen-bond donors (Lipinski definition) is 1. The number of nitrogens with two attached hydrogens (primary N) is 1. The van der Waals surface area contributed by atoms with Crippen LogP contribution in [0, 0.1) is 10.1 Å². The van der Waals surface area contributed by atoms with Crippen molar-refractivity contribution < 1.29 is 9.34 Å². The molecular formula is C14H17N3O3.